The number of hydrogen-bond acceptors (Lipinski definition) is 4. The van der Waals surface area contributed by atoms with Crippen LogP contribution in [-0.2, 0) is 6.54 Å². The summed E-state index contributed by atoms with van der Waals surface area (Å²) in [5.41, 5.74) is 7.15. The van der Waals surface area contributed by atoms with Gasteiger partial charge in [0, 0.05) is 12.2 Å². The van der Waals surface area contributed by atoms with Gasteiger partial charge in [0.15, 0.2) is 6.10 Å². The first-order chi connectivity index (χ1) is 7.21. The second-order valence-electron chi connectivity index (χ2n) is 3.25. The van der Waals surface area contributed by atoms with E-state index in [2.05, 4.69) is 11.1 Å². The molecule has 1 heterocycles. The Balaban J connectivity index is 2.89. The van der Waals surface area contributed by atoms with Gasteiger partial charge in [-0.1, -0.05) is 6.92 Å². The summed E-state index contributed by atoms with van der Waals surface area (Å²) in [6.45, 7) is 4.11. The third-order valence-electron chi connectivity index (χ3n) is 2.05. The topological polar surface area (TPSA) is 71.9 Å². The molecule has 1 atom stereocenters. The average molecular weight is 205 g/mol. The van der Waals surface area contributed by atoms with Crippen LogP contribution in [0.4, 0.5) is 0 Å². The Morgan fingerprint density at radius 1 is 1.60 bits per heavy atom. The lowest BCUT2D eigenvalue weighted by Crippen LogP contribution is -2.15. The Hall–Kier alpha value is -1.60. The van der Waals surface area contributed by atoms with Crippen molar-refractivity contribution < 1.29 is 4.74 Å². The lowest BCUT2D eigenvalue weighted by atomic mass is 10.2. The van der Waals surface area contributed by atoms with Crippen molar-refractivity contribution in [1.29, 1.82) is 5.26 Å². The van der Waals surface area contributed by atoms with Crippen molar-refractivity contribution in [2.45, 2.75) is 32.9 Å². The Bertz CT molecular complexity index is 371. The molecule has 4 heteroatoms. The van der Waals surface area contributed by atoms with Gasteiger partial charge in [0.2, 0.25) is 0 Å². The van der Waals surface area contributed by atoms with E-state index in [4.69, 9.17) is 15.7 Å². The second-order valence-corrected chi connectivity index (χ2v) is 3.25. The maximum Gasteiger partial charge on any atom is 0.184 e. The summed E-state index contributed by atoms with van der Waals surface area (Å²) in [6.07, 6.45) is 0.216. The lowest BCUT2D eigenvalue weighted by Gasteiger charge is -2.13. The largest absolute Gasteiger partial charge is 0.474 e. The van der Waals surface area contributed by atoms with Crippen molar-refractivity contribution in [2.75, 3.05) is 0 Å². The summed E-state index contributed by atoms with van der Waals surface area (Å²) >= 11 is 0. The second kappa shape index (κ2) is 5.32. The van der Waals surface area contributed by atoms with Crippen LogP contribution < -0.4 is 10.5 Å². The Labute approximate surface area is 89.7 Å². The SMILES string of the molecule is CCC(C#N)Oc1ccc(C)nc1CN. The van der Waals surface area contributed by atoms with E-state index in [1.165, 1.54) is 0 Å². The van der Waals surface area contributed by atoms with Gasteiger partial charge >= 0.3 is 0 Å². The van der Waals surface area contributed by atoms with Gasteiger partial charge in [-0.2, -0.15) is 5.26 Å². The maximum absolute atomic E-state index is 8.78. The van der Waals surface area contributed by atoms with E-state index in [9.17, 15) is 0 Å². The normalized spacial score (nSPS) is 11.9. The highest BCUT2D eigenvalue weighted by molar-refractivity contribution is 5.29. The van der Waals surface area contributed by atoms with Gasteiger partial charge in [-0.05, 0) is 25.5 Å². The molecule has 0 aliphatic rings. The maximum atomic E-state index is 8.78. The monoisotopic (exact) mass is 205 g/mol. The van der Waals surface area contributed by atoms with Gasteiger partial charge in [-0.3, -0.25) is 4.98 Å². The number of nitriles is 1. The molecule has 1 aromatic rings. The van der Waals surface area contributed by atoms with Gasteiger partial charge < -0.3 is 10.5 Å². The van der Waals surface area contributed by atoms with Gasteiger partial charge in [0.1, 0.15) is 11.8 Å². The van der Waals surface area contributed by atoms with Crippen LogP contribution in [0.15, 0.2) is 12.1 Å². The number of rotatable bonds is 4. The predicted molar refractivity (Wildman–Crippen MR) is 57.2 cm³/mol. The molecule has 0 bridgehead atoms. The van der Waals surface area contributed by atoms with E-state index in [0.29, 0.717) is 24.4 Å². The van der Waals surface area contributed by atoms with Crippen LogP contribution in [0.1, 0.15) is 24.7 Å². The quantitative estimate of drug-likeness (QED) is 0.809. The van der Waals surface area contributed by atoms with E-state index in [1.54, 1.807) is 0 Å². The first-order valence-electron chi connectivity index (χ1n) is 4.94. The number of ether oxygens (including phenoxy) is 1. The highest BCUT2D eigenvalue weighted by Gasteiger charge is 2.10. The zero-order valence-electron chi connectivity index (χ0n) is 9.03. The minimum Gasteiger partial charge on any atom is -0.474 e. The molecule has 1 rings (SSSR count). The van der Waals surface area contributed by atoms with Gasteiger partial charge in [-0.15, -0.1) is 0 Å². The van der Waals surface area contributed by atoms with Crippen molar-refractivity contribution in [1.82, 2.24) is 4.98 Å². The predicted octanol–water partition coefficient (Wildman–Crippen LogP) is 1.53. The van der Waals surface area contributed by atoms with E-state index in [-0.39, 0.29) is 0 Å². The number of nitrogens with two attached hydrogens (primary N) is 1. The van der Waals surface area contributed by atoms with Gasteiger partial charge in [-0.25, -0.2) is 0 Å². The highest BCUT2D eigenvalue weighted by atomic mass is 16.5. The van der Waals surface area contributed by atoms with Crippen LogP contribution >= 0.6 is 0 Å². The molecule has 0 saturated heterocycles. The van der Waals surface area contributed by atoms with Crippen LogP contribution in [0, 0.1) is 18.3 Å². The molecule has 1 unspecified atom stereocenters. The first kappa shape index (κ1) is 11.5. The smallest absolute Gasteiger partial charge is 0.184 e. The molecule has 0 spiro atoms. The Kier molecular flexibility index (Phi) is 4.07. The summed E-state index contributed by atoms with van der Waals surface area (Å²) in [5, 5.41) is 8.78. The molecular weight excluding hydrogens is 190 g/mol. The van der Waals surface area contributed by atoms with Crippen molar-refractivity contribution in [3.8, 4) is 11.8 Å². The number of pyridine rings is 1. The molecule has 0 saturated carbocycles. The minimum absolute atomic E-state index is 0.318. The van der Waals surface area contributed by atoms with Gasteiger partial charge in [0.25, 0.3) is 0 Å². The molecule has 0 fully saturated rings. The van der Waals surface area contributed by atoms with Crippen LogP contribution in [0.3, 0.4) is 0 Å². The summed E-state index contributed by atoms with van der Waals surface area (Å²) in [5.74, 6) is 0.608. The molecule has 0 aliphatic heterocycles. The molecular formula is C11H15N3O. The van der Waals surface area contributed by atoms with Gasteiger partial charge in [0.05, 0.1) is 5.69 Å². The van der Waals surface area contributed by atoms with E-state index < -0.39 is 6.10 Å². The Morgan fingerprint density at radius 3 is 2.87 bits per heavy atom. The fourth-order valence-electron chi connectivity index (χ4n) is 1.21. The van der Waals surface area contributed by atoms with Crippen molar-refractivity contribution >= 4 is 0 Å². The van der Waals surface area contributed by atoms with Crippen LogP contribution in [0.5, 0.6) is 5.75 Å². The molecule has 0 radical (unpaired) electrons. The Morgan fingerprint density at radius 2 is 2.33 bits per heavy atom. The van der Waals surface area contributed by atoms with Crippen molar-refractivity contribution in [3.63, 3.8) is 0 Å². The standard InChI is InChI=1S/C11H15N3O/c1-3-9(6-12)15-11-5-4-8(2)14-10(11)7-13/h4-5,9H,3,7,13H2,1-2H3. The third kappa shape index (κ3) is 2.93. The number of nitrogens with zero attached hydrogens (tertiary/aromatic N) is 2. The fourth-order valence-corrected chi connectivity index (χ4v) is 1.21. The molecule has 15 heavy (non-hydrogen) atoms. The third-order valence-corrected chi connectivity index (χ3v) is 2.05. The zero-order chi connectivity index (χ0) is 11.3. The van der Waals surface area contributed by atoms with E-state index >= 15 is 0 Å². The summed E-state index contributed by atoms with van der Waals surface area (Å²) in [6, 6.07) is 5.73. The minimum atomic E-state index is -0.431. The fraction of sp³-hybridized carbons (Fsp3) is 0.455. The average Bonchev–Trinajstić information content (AvgIpc) is 2.27. The van der Waals surface area contributed by atoms with Crippen molar-refractivity contribution in [3.05, 3.63) is 23.5 Å². The van der Waals surface area contributed by atoms with E-state index in [1.807, 2.05) is 26.0 Å². The first-order valence-corrected chi connectivity index (χ1v) is 4.94. The van der Waals surface area contributed by atoms with Crippen LogP contribution in [0.25, 0.3) is 0 Å². The summed E-state index contributed by atoms with van der Waals surface area (Å²) in [7, 11) is 0. The molecule has 0 aromatic carbocycles. The zero-order valence-corrected chi connectivity index (χ0v) is 9.03. The molecule has 80 valence electrons. The van der Waals surface area contributed by atoms with Crippen LogP contribution in [0.2, 0.25) is 0 Å². The van der Waals surface area contributed by atoms with Crippen molar-refractivity contribution in [2.24, 2.45) is 5.73 Å². The lowest BCUT2D eigenvalue weighted by molar-refractivity contribution is 0.248. The summed E-state index contributed by atoms with van der Waals surface area (Å²) in [4.78, 5) is 4.25. The van der Waals surface area contributed by atoms with E-state index in [0.717, 1.165) is 5.69 Å². The number of hydrogen-bond donors (Lipinski definition) is 1. The molecule has 0 amide bonds. The molecule has 4 nitrogen and oxygen atoms in total. The summed E-state index contributed by atoms with van der Waals surface area (Å²) < 4.78 is 5.49. The molecule has 1 aromatic heterocycles. The number of aromatic nitrogens is 1. The van der Waals surface area contributed by atoms with Crippen LogP contribution in [-0.4, -0.2) is 11.1 Å². The molecule has 2 N–H and O–H groups in total. The molecule has 0 aliphatic carbocycles. The number of aryl methyl sites for hydroxylation is 1. The highest BCUT2D eigenvalue weighted by Crippen LogP contribution is 2.18.